The fraction of sp³-hybridized carbons (Fsp3) is 0.450. The van der Waals surface area contributed by atoms with Crippen LogP contribution in [-0.4, -0.2) is 8.07 Å². The fourth-order valence-electron chi connectivity index (χ4n) is 3.00. The Morgan fingerprint density at radius 1 is 1.00 bits per heavy atom. The van der Waals surface area contributed by atoms with Crippen molar-refractivity contribution in [3.8, 4) is 11.3 Å². The predicted molar refractivity (Wildman–Crippen MR) is 99.5 cm³/mol. The van der Waals surface area contributed by atoms with Gasteiger partial charge in [0.25, 0.3) is 0 Å². The van der Waals surface area contributed by atoms with Gasteiger partial charge in [-0.25, -0.2) is 4.57 Å². The van der Waals surface area contributed by atoms with Crippen molar-refractivity contribution in [2.45, 2.75) is 52.8 Å². The highest BCUT2D eigenvalue weighted by Gasteiger charge is 2.30. The van der Waals surface area contributed by atoms with Crippen molar-refractivity contribution in [2.75, 3.05) is 0 Å². The van der Waals surface area contributed by atoms with Crippen LogP contribution in [0, 0.1) is 6.92 Å². The van der Waals surface area contributed by atoms with Crippen molar-refractivity contribution in [2.24, 2.45) is 7.05 Å². The molecule has 0 aliphatic rings. The van der Waals surface area contributed by atoms with E-state index in [9.17, 15) is 0 Å². The highest BCUT2D eigenvalue weighted by atomic mass is 28.3. The minimum Gasteiger partial charge on any atom is -0.201 e. The fourth-order valence-corrected chi connectivity index (χ4v) is 4.81. The maximum absolute atomic E-state index is 2.45. The third-order valence-electron chi connectivity index (χ3n) is 4.31. The van der Waals surface area contributed by atoms with E-state index in [0.29, 0.717) is 0 Å². The zero-order valence-electron chi connectivity index (χ0n) is 15.4. The minimum atomic E-state index is -1.41. The second kappa shape index (κ2) is 5.66. The van der Waals surface area contributed by atoms with Gasteiger partial charge in [0.2, 0.25) is 5.69 Å². The molecule has 22 heavy (non-hydrogen) atoms. The first-order valence-corrected chi connectivity index (χ1v) is 11.6. The molecule has 1 aromatic heterocycles. The normalized spacial score (nSPS) is 12.5. The van der Waals surface area contributed by atoms with Gasteiger partial charge in [-0.2, -0.15) is 0 Å². The number of benzene rings is 1. The SMILES string of the molecule is Cc1ccccc1-c1cc([Si](C)(C)C)c(C(C)(C)C)c[n+]1C. The summed E-state index contributed by atoms with van der Waals surface area (Å²) in [6.07, 6.45) is 2.36. The highest BCUT2D eigenvalue weighted by Crippen LogP contribution is 2.25. The Morgan fingerprint density at radius 3 is 2.09 bits per heavy atom. The lowest BCUT2D eigenvalue weighted by atomic mass is 9.87. The van der Waals surface area contributed by atoms with Crippen LogP contribution in [0.5, 0.6) is 0 Å². The smallest absolute Gasteiger partial charge is 0.201 e. The molecule has 0 aliphatic heterocycles. The molecule has 0 spiro atoms. The Hall–Kier alpha value is -1.41. The van der Waals surface area contributed by atoms with Gasteiger partial charge >= 0.3 is 0 Å². The van der Waals surface area contributed by atoms with Gasteiger partial charge in [-0.15, -0.1) is 0 Å². The molecular formula is C20H30NSi+. The van der Waals surface area contributed by atoms with E-state index in [1.807, 2.05) is 0 Å². The van der Waals surface area contributed by atoms with Gasteiger partial charge < -0.3 is 0 Å². The van der Waals surface area contributed by atoms with Gasteiger partial charge in [0.1, 0.15) is 7.05 Å². The number of aryl methyl sites for hydroxylation is 2. The predicted octanol–water partition coefficient (Wildman–Crippen LogP) is 4.33. The van der Waals surface area contributed by atoms with Crippen LogP contribution in [-0.2, 0) is 12.5 Å². The number of aromatic nitrogens is 1. The molecule has 1 heterocycles. The molecule has 0 fully saturated rings. The van der Waals surface area contributed by atoms with Crippen molar-refractivity contribution >= 4 is 13.3 Å². The van der Waals surface area contributed by atoms with E-state index in [-0.39, 0.29) is 5.41 Å². The van der Waals surface area contributed by atoms with E-state index < -0.39 is 8.07 Å². The van der Waals surface area contributed by atoms with Crippen molar-refractivity contribution in [3.05, 3.63) is 47.7 Å². The summed E-state index contributed by atoms with van der Waals surface area (Å²) in [6.45, 7) is 16.5. The molecule has 118 valence electrons. The van der Waals surface area contributed by atoms with Gasteiger partial charge in [-0.1, -0.05) is 58.6 Å². The molecule has 1 aromatic carbocycles. The molecule has 1 nitrogen and oxygen atoms in total. The van der Waals surface area contributed by atoms with Crippen molar-refractivity contribution in [1.29, 1.82) is 0 Å². The van der Waals surface area contributed by atoms with Crippen LogP contribution < -0.4 is 9.75 Å². The molecule has 2 rings (SSSR count). The Morgan fingerprint density at radius 2 is 1.59 bits per heavy atom. The monoisotopic (exact) mass is 312 g/mol. The summed E-state index contributed by atoms with van der Waals surface area (Å²) < 4.78 is 2.30. The molecule has 0 saturated heterocycles. The molecule has 2 heteroatoms. The van der Waals surface area contributed by atoms with Crippen molar-refractivity contribution in [3.63, 3.8) is 0 Å². The maximum atomic E-state index is 2.45. The number of rotatable bonds is 2. The molecule has 0 aliphatic carbocycles. The van der Waals surface area contributed by atoms with E-state index in [0.717, 1.165) is 0 Å². The molecule has 0 atom stereocenters. The molecule has 2 aromatic rings. The lowest BCUT2D eigenvalue weighted by Gasteiger charge is -2.28. The van der Waals surface area contributed by atoms with Gasteiger partial charge in [0.05, 0.1) is 8.07 Å². The van der Waals surface area contributed by atoms with Gasteiger partial charge in [-0.3, -0.25) is 0 Å². The van der Waals surface area contributed by atoms with Gasteiger partial charge in [0, 0.05) is 17.2 Å². The second-order valence-corrected chi connectivity index (χ2v) is 13.5. The zero-order valence-corrected chi connectivity index (χ0v) is 16.4. The maximum Gasteiger partial charge on any atom is 0.212 e. The van der Waals surface area contributed by atoms with Crippen LogP contribution in [0.4, 0.5) is 0 Å². The average Bonchev–Trinajstić information content (AvgIpc) is 2.37. The van der Waals surface area contributed by atoms with Crippen molar-refractivity contribution < 1.29 is 4.57 Å². The molecule has 0 bridgehead atoms. The molecule has 0 saturated carbocycles. The first-order valence-electron chi connectivity index (χ1n) is 8.12. The Kier molecular flexibility index (Phi) is 4.36. The summed E-state index contributed by atoms with van der Waals surface area (Å²) in [4.78, 5) is 0. The van der Waals surface area contributed by atoms with Crippen LogP contribution in [0.15, 0.2) is 36.5 Å². The van der Waals surface area contributed by atoms with Crippen LogP contribution in [0.3, 0.4) is 0 Å². The third kappa shape index (κ3) is 3.32. The van der Waals surface area contributed by atoms with E-state index in [1.165, 1.54) is 22.4 Å². The summed E-state index contributed by atoms with van der Waals surface area (Å²) in [5, 5.41) is 1.58. The minimum absolute atomic E-state index is 0.178. The quantitative estimate of drug-likeness (QED) is 0.574. The average molecular weight is 313 g/mol. The molecule has 0 N–H and O–H groups in total. The Balaban J connectivity index is 2.77. The Labute approximate surface area is 137 Å². The van der Waals surface area contributed by atoms with Crippen LogP contribution >= 0.6 is 0 Å². The summed E-state index contributed by atoms with van der Waals surface area (Å²) in [5.74, 6) is 0. The second-order valence-electron chi connectivity index (χ2n) is 8.41. The summed E-state index contributed by atoms with van der Waals surface area (Å²) in [5.41, 5.74) is 5.67. The number of nitrogens with zero attached hydrogens (tertiary/aromatic N) is 1. The van der Waals surface area contributed by atoms with Crippen LogP contribution in [0.25, 0.3) is 11.3 Å². The van der Waals surface area contributed by atoms with E-state index in [4.69, 9.17) is 0 Å². The number of pyridine rings is 1. The number of hydrogen-bond donors (Lipinski definition) is 0. The molecule has 0 amide bonds. The first kappa shape index (κ1) is 16.9. The summed E-state index contributed by atoms with van der Waals surface area (Å²) in [7, 11) is 0.766. The van der Waals surface area contributed by atoms with Crippen LogP contribution in [0.2, 0.25) is 19.6 Å². The Bertz CT molecular complexity index is 688. The van der Waals surface area contributed by atoms with Gasteiger partial charge in [0.15, 0.2) is 6.20 Å². The van der Waals surface area contributed by atoms with Crippen molar-refractivity contribution in [1.82, 2.24) is 0 Å². The lowest BCUT2D eigenvalue weighted by molar-refractivity contribution is -0.660. The largest absolute Gasteiger partial charge is 0.212 e. The zero-order chi connectivity index (χ0) is 16.7. The first-order chi connectivity index (χ1) is 10.0. The van der Waals surface area contributed by atoms with Gasteiger partial charge in [-0.05, 0) is 29.2 Å². The van der Waals surface area contributed by atoms with E-state index in [2.05, 4.69) is 95.5 Å². The third-order valence-corrected chi connectivity index (χ3v) is 6.34. The lowest BCUT2D eigenvalue weighted by Crippen LogP contribution is -2.47. The standard InChI is InChI=1S/C20H30NSi/c1-15-11-9-10-12-16(15)18-13-19(22(6,7)8)17(14-21(18)5)20(2,3)4/h9-14H,1-8H3/q+1. The summed E-state index contributed by atoms with van der Waals surface area (Å²) in [6, 6.07) is 11.1. The topological polar surface area (TPSA) is 3.88 Å². The summed E-state index contributed by atoms with van der Waals surface area (Å²) >= 11 is 0. The molecule has 0 unspecified atom stereocenters. The molecule has 0 radical (unpaired) electrons. The highest BCUT2D eigenvalue weighted by molar-refractivity contribution is 6.89. The molecular weight excluding hydrogens is 282 g/mol. The number of hydrogen-bond acceptors (Lipinski definition) is 0. The van der Waals surface area contributed by atoms with E-state index >= 15 is 0 Å². The van der Waals surface area contributed by atoms with Crippen LogP contribution in [0.1, 0.15) is 31.9 Å². The van der Waals surface area contributed by atoms with E-state index in [1.54, 1.807) is 5.19 Å².